The van der Waals surface area contributed by atoms with Gasteiger partial charge in [0.05, 0.1) is 0 Å². The molecule has 0 rings (SSSR count). The molecule has 164 valence electrons. The maximum absolute atomic E-state index is 2.37. The first-order valence-electron chi connectivity index (χ1n) is 13.3. The fourth-order valence-electron chi connectivity index (χ4n) is 4.51. The first kappa shape index (κ1) is 27.0. The van der Waals surface area contributed by atoms with E-state index in [2.05, 4.69) is 20.8 Å². The maximum Gasteiger partial charge on any atom is -0.0414 e. The van der Waals surface area contributed by atoms with Crippen LogP contribution in [0.4, 0.5) is 0 Å². The molecule has 0 heterocycles. The minimum atomic E-state index is 1.04. The molecule has 0 nitrogen and oxygen atoms in total. The highest BCUT2D eigenvalue weighted by Crippen LogP contribution is 2.23. The van der Waals surface area contributed by atoms with E-state index >= 15 is 0 Å². The molecule has 0 aromatic rings. The van der Waals surface area contributed by atoms with Crippen LogP contribution in [-0.4, -0.2) is 0 Å². The third kappa shape index (κ3) is 22.2. The van der Waals surface area contributed by atoms with Crippen LogP contribution in [0.25, 0.3) is 0 Å². The van der Waals surface area contributed by atoms with Crippen LogP contribution in [0, 0.1) is 5.92 Å². The summed E-state index contributed by atoms with van der Waals surface area (Å²) in [7, 11) is 0. The van der Waals surface area contributed by atoms with Crippen molar-refractivity contribution in [2.24, 2.45) is 5.92 Å². The van der Waals surface area contributed by atoms with E-state index in [9.17, 15) is 0 Å². The summed E-state index contributed by atoms with van der Waals surface area (Å²) in [6, 6.07) is 0. The molecule has 0 saturated carbocycles. The van der Waals surface area contributed by atoms with Gasteiger partial charge in [0.25, 0.3) is 0 Å². The Morgan fingerprint density at radius 3 is 0.926 bits per heavy atom. The second-order valence-corrected chi connectivity index (χ2v) is 9.24. The molecule has 0 amide bonds. The molecule has 1 atom stereocenters. The van der Waals surface area contributed by atoms with Crippen LogP contribution in [0.1, 0.15) is 168 Å². The van der Waals surface area contributed by atoms with E-state index in [1.807, 2.05) is 0 Å². The average Bonchev–Trinajstić information content (AvgIpc) is 2.68. The van der Waals surface area contributed by atoms with Crippen molar-refractivity contribution in [1.82, 2.24) is 0 Å². The van der Waals surface area contributed by atoms with E-state index in [1.165, 1.54) is 148 Å². The van der Waals surface area contributed by atoms with Crippen molar-refractivity contribution in [2.75, 3.05) is 0 Å². The molecular weight excluding hydrogens is 324 g/mol. The second kappa shape index (κ2) is 24.0. The summed E-state index contributed by atoms with van der Waals surface area (Å²) >= 11 is 0. The summed E-state index contributed by atoms with van der Waals surface area (Å²) in [4.78, 5) is 0. The van der Waals surface area contributed by atoms with E-state index in [0.717, 1.165) is 5.92 Å². The predicted molar refractivity (Wildman–Crippen MR) is 127 cm³/mol. The highest BCUT2D eigenvalue weighted by atomic mass is 14.1. The molecule has 0 aromatic carbocycles. The summed E-state index contributed by atoms with van der Waals surface area (Å²) < 4.78 is 0. The van der Waals surface area contributed by atoms with E-state index in [-0.39, 0.29) is 0 Å². The molecule has 0 radical (unpaired) electrons. The van der Waals surface area contributed by atoms with Gasteiger partial charge < -0.3 is 0 Å². The summed E-state index contributed by atoms with van der Waals surface area (Å²) in [5.74, 6) is 1.04. The van der Waals surface area contributed by atoms with Gasteiger partial charge in [0.1, 0.15) is 0 Å². The third-order valence-corrected chi connectivity index (χ3v) is 6.38. The fourth-order valence-corrected chi connectivity index (χ4v) is 4.51. The van der Waals surface area contributed by atoms with Crippen LogP contribution in [0.15, 0.2) is 0 Å². The lowest BCUT2D eigenvalue weighted by atomic mass is 9.91. The predicted octanol–water partition coefficient (Wildman–Crippen LogP) is 10.6. The number of rotatable bonds is 23. The number of hydrogen-bond acceptors (Lipinski definition) is 0. The van der Waals surface area contributed by atoms with Crippen molar-refractivity contribution in [3.05, 3.63) is 0 Å². The van der Waals surface area contributed by atoms with Gasteiger partial charge in [-0.25, -0.2) is 0 Å². The lowest BCUT2D eigenvalue weighted by Crippen LogP contribution is -2.00. The SMILES string of the molecule is CCCCCCCCCCCCCCCCCC(CCC)CCCCCC. The fraction of sp³-hybridized carbons (Fsp3) is 1.00. The third-order valence-electron chi connectivity index (χ3n) is 6.38. The van der Waals surface area contributed by atoms with Gasteiger partial charge in [-0.05, 0) is 5.92 Å². The molecule has 27 heavy (non-hydrogen) atoms. The van der Waals surface area contributed by atoms with Crippen molar-refractivity contribution in [3.8, 4) is 0 Å². The summed E-state index contributed by atoms with van der Waals surface area (Å²) in [5, 5.41) is 0. The lowest BCUT2D eigenvalue weighted by molar-refractivity contribution is 0.378. The van der Waals surface area contributed by atoms with Crippen LogP contribution >= 0.6 is 0 Å². The smallest absolute Gasteiger partial charge is 0.0414 e. The molecular formula is C27H56. The highest BCUT2D eigenvalue weighted by molar-refractivity contribution is 4.60. The van der Waals surface area contributed by atoms with Crippen LogP contribution in [0.3, 0.4) is 0 Å². The molecule has 0 N–H and O–H groups in total. The van der Waals surface area contributed by atoms with Crippen LogP contribution in [0.2, 0.25) is 0 Å². The zero-order chi connectivity index (χ0) is 19.8. The maximum atomic E-state index is 2.37. The zero-order valence-corrected chi connectivity index (χ0v) is 19.8. The van der Waals surface area contributed by atoms with Crippen molar-refractivity contribution >= 4 is 0 Å². The summed E-state index contributed by atoms with van der Waals surface area (Å²) in [6.07, 6.45) is 33.8. The largest absolute Gasteiger partial charge is 0.0654 e. The summed E-state index contributed by atoms with van der Waals surface area (Å²) in [6.45, 7) is 6.99. The van der Waals surface area contributed by atoms with Crippen molar-refractivity contribution < 1.29 is 0 Å². The van der Waals surface area contributed by atoms with Crippen LogP contribution in [-0.2, 0) is 0 Å². The normalized spacial score (nSPS) is 12.6. The molecule has 0 fully saturated rings. The van der Waals surface area contributed by atoms with Crippen LogP contribution in [0.5, 0.6) is 0 Å². The van der Waals surface area contributed by atoms with Gasteiger partial charge in [0.2, 0.25) is 0 Å². The Morgan fingerprint density at radius 2 is 0.593 bits per heavy atom. The minimum Gasteiger partial charge on any atom is -0.0654 e. The average molecular weight is 381 g/mol. The standard InChI is InChI=1S/C27H56/c1-4-7-9-11-12-13-14-15-16-17-18-19-20-21-23-26-27(24-6-3)25-22-10-8-5-2/h27H,4-26H2,1-3H3. The molecule has 0 spiro atoms. The Morgan fingerprint density at radius 1 is 0.296 bits per heavy atom. The zero-order valence-electron chi connectivity index (χ0n) is 19.8. The summed E-state index contributed by atoms with van der Waals surface area (Å²) in [5.41, 5.74) is 0. The second-order valence-electron chi connectivity index (χ2n) is 9.24. The van der Waals surface area contributed by atoms with Gasteiger partial charge in [-0.3, -0.25) is 0 Å². The van der Waals surface area contributed by atoms with Crippen LogP contribution < -0.4 is 0 Å². The van der Waals surface area contributed by atoms with E-state index in [4.69, 9.17) is 0 Å². The molecule has 1 unspecified atom stereocenters. The van der Waals surface area contributed by atoms with Gasteiger partial charge >= 0.3 is 0 Å². The Hall–Kier alpha value is 0. The van der Waals surface area contributed by atoms with Gasteiger partial charge in [0.15, 0.2) is 0 Å². The highest BCUT2D eigenvalue weighted by Gasteiger charge is 2.07. The molecule has 0 bridgehead atoms. The van der Waals surface area contributed by atoms with Gasteiger partial charge in [-0.1, -0.05) is 168 Å². The first-order valence-corrected chi connectivity index (χ1v) is 13.3. The first-order chi connectivity index (χ1) is 13.3. The molecule has 0 aliphatic rings. The van der Waals surface area contributed by atoms with Gasteiger partial charge in [0, 0.05) is 0 Å². The monoisotopic (exact) mass is 380 g/mol. The topological polar surface area (TPSA) is 0 Å². The van der Waals surface area contributed by atoms with Gasteiger partial charge in [-0.15, -0.1) is 0 Å². The van der Waals surface area contributed by atoms with Gasteiger partial charge in [-0.2, -0.15) is 0 Å². The Labute approximate surface area is 174 Å². The van der Waals surface area contributed by atoms with Crippen molar-refractivity contribution in [1.29, 1.82) is 0 Å². The van der Waals surface area contributed by atoms with E-state index in [0.29, 0.717) is 0 Å². The van der Waals surface area contributed by atoms with E-state index in [1.54, 1.807) is 0 Å². The Bertz CT molecular complexity index is 244. The Kier molecular flexibility index (Phi) is 24.0. The Balaban J connectivity index is 3.27. The molecule has 0 aliphatic carbocycles. The lowest BCUT2D eigenvalue weighted by Gasteiger charge is -2.15. The molecule has 0 aromatic heterocycles. The minimum absolute atomic E-state index is 1.04. The van der Waals surface area contributed by atoms with Crippen molar-refractivity contribution in [3.63, 3.8) is 0 Å². The quantitative estimate of drug-likeness (QED) is 0.155. The number of hydrogen-bond donors (Lipinski definition) is 0. The number of unbranched alkanes of at least 4 members (excludes halogenated alkanes) is 17. The molecule has 0 heteroatoms. The van der Waals surface area contributed by atoms with E-state index < -0.39 is 0 Å². The molecule has 0 aliphatic heterocycles. The van der Waals surface area contributed by atoms with Crippen molar-refractivity contribution in [2.45, 2.75) is 168 Å². The molecule has 0 saturated heterocycles.